The van der Waals surface area contributed by atoms with Crippen LogP contribution in [0.15, 0.2) is 41.3 Å². The minimum absolute atomic E-state index is 0.00422. The lowest BCUT2D eigenvalue weighted by molar-refractivity contribution is 0.248. The van der Waals surface area contributed by atoms with Crippen LogP contribution in [0.4, 0.5) is 0 Å². The first-order chi connectivity index (χ1) is 12.5. The molecule has 0 aromatic heterocycles. The van der Waals surface area contributed by atoms with Gasteiger partial charge in [-0.3, -0.25) is 0 Å². The van der Waals surface area contributed by atoms with Crippen molar-refractivity contribution in [3.05, 3.63) is 36.4 Å². The van der Waals surface area contributed by atoms with E-state index in [-0.39, 0.29) is 6.04 Å². The second kappa shape index (κ2) is 8.37. The number of hydrogen-bond donors (Lipinski definition) is 1. The Morgan fingerprint density at radius 1 is 1.12 bits per heavy atom. The molecule has 0 bridgehead atoms. The molecule has 2 aromatic carbocycles. The Balaban J connectivity index is 1.88. The molecule has 1 aliphatic heterocycles. The fourth-order valence-electron chi connectivity index (χ4n) is 3.34. The molecule has 2 aromatic rings. The maximum atomic E-state index is 13.0. The van der Waals surface area contributed by atoms with Crippen molar-refractivity contribution in [1.29, 1.82) is 0 Å². The summed E-state index contributed by atoms with van der Waals surface area (Å²) in [7, 11) is -1.51. The Morgan fingerprint density at radius 3 is 2.50 bits per heavy atom. The van der Waals surface area contributed by atoms with Crippen molar-refractivity contribution in [2.75, 3.05) is 26.7 Å². The Kier molecular flexibility index (Phi) is 6.16. The lowest BCUT2D eigenvalue weighted by Crippen LogP contribution is -2.43. The van der Waals surface area contributed by atoms with Gasteiger partial charge in [-0.05, 0) is 51.5 Å². The average molecular weight is 377 g/mol. The molecule has 0 spiro atoms. The quantitative estimate of drug-likeness (QED) is 0.753. The molecule has 0 atom stereocenters. The van der Waals surface area contributed by atoms with Crippen molar-refractivity contribution in [1.82, 2.24) is 9.62 Å². The number of sulfonamides is 1. The van der Waals surface area contributed by atoms with Crippen LogP contribution >= 0.6 is 0 Å². The third kappa shape index (κ3) is 4.37. The van der Waals surface area contributed by atoms with E-state index in [1.807, 2.05) is 24.3 Å². The number of unbranched alkanes of at least 4 members (excludes halogenated alkanes) is 1. The number of ether oxygens (including phenoxy) is 1. The van der Waals surface area contributed by atoms with Gasteiger partial charge < -0.3 is 9.64 Å². The number of piperidine rings is 1. The maximum Gasteiger partial charge on any atom is 0.241 e. The molecular weight excluding hydrogens is 348 g/mol. The molecule has 6 heteroatoms. The highest BCUT2D eigenvalue weighted by molar-refractivity contribution is 7.89. The van der Waals surface area contributed by atoms with Gasteiger partial charge in [-0.15, -0.1) is 0 Å². The summed E-state index contributed by atoms with van der Waals surface area (Å²) in [5.74, 6) is 0.743. The van der Waals surface area contributed by atoms with Crippen molar-refractivity contribution >= 4 is 20.8 Å². The van der Waals surface area contributed by atoms with Crippen molar-refractivity contribution in [3.63, 3.8) is 0 Å². The van der Waals surface area contributed by atoms with Crippen LogP contribution in [0, 0.1) is 0 Å². The zero-order valence-electron chi connectivity index (χ0n) is 15.6. The standard InChI is InChI=1S/C20H28N2O3S/c1-3-4-15-25-19-9-10-20(18-8-6-5-7-17(18)19)26(23,24)21-16-11-13-22(2)14-12-16/h5-10,16,21H,3-4,11-15H2,1-2H3. The Hall–Kier alpha value is -1.63. The number of rotatable bonds is 7. The zero-order valence-corrected chi connectivity index (χ0v) is 16.4. The van der Waals surface area contributed by atoms with E-state index < -0.39 is 10.0 Å². The van der Waals surface area contributed by atoms with Crippen LogP contribution in [0.3, 0.4) is 0 Å². The summed E-state index contributed by atoms with van der Waals surface area (Å²) in [6.07, 6.45) is 3.72. The minimum atomic E-state index is -3.57. The maximum absolute atomic E-state index is 13.0. The van der Waals surface area contributed by atoms with Crippen LogP contribution in [-0.4, -0.2) is 46.1 Å². The summed E-state index contributed by atoms with van der Waals surface area (Å²) in [6, 6.07) is 11.0. The lowest BCUT2D eigenvalue weighted by Gasteiger charge is -2.29. The third-order valence-electron chi connectivity index (χ3n) is 4.93. The molecule has 1 fully saturated rings. The summed E-state index contributed by atoms with van der Waals surface area (Å²) < 4.78 is 34.8. The fourth-order valence-corrected chi connectivity index (χ4v) is 4.86. The summed E-state index contributed by atoms with van der Waals surface area (Å²) in [6.45, 7) is 4.59. The number of likely N-dealkylation sites (tertiary alicyclic amines) is 1. The molecule has 142 valence electrons. The number of nitrogens with one attached hydrogen (secondary N) is 1. The molecular formula is C20H28N2O3S. The first-order valence-electron chi connectivity index (χ1n) is 9.36. The fraction of sp³-hybridized carbons (Fsp3) is 0.500. The predicted molar refractivity (Wildman–Crippen MR) is 105 cm³/mol. The van der Waals surface area contributed by atoms with E-state index in [4.69, 9.17) is 4.74 Å². The lowest BCUT2D eigenvalue weighted by atomic mass is 10.1. The molecule has 0 amide bonds. The zero-order chi connectivity index (χ0) is 18.6. The van der Waals surface area contributed by atoms with Gasteiger partial charge in [-0.1, -0.05) is 37.6 Å². The molecule has 0 aliphatic carbocycles. The SMILES string of the molecule is CCCCOc1ccc(S(=O)(=O)NC2CCN(C)CC2)c2ccccc12. The van der Waals surface area contributed by atoms with Gasteiger partial charge in [0.25, 0.3) is 0 Å². The summed E-state index contributed by atoms with van der Waals surface area (Å²) in [4.78, 5) is 2.55. The molecule has 1 aliphatic rings. The van der Waals surface area contributed by atoms with E-state index >= 15 is 0 Å². The number of benzene rings is 2. The van der Waals surface area contributed by atoms with Crippen molar-refractivity contribution in [3.8, 4) is 5.75 Å². The topological polar surface area (TPSA) is 58.6 Å². The average Bonchev–Trinajstić information content (AvgIpc) is 2.63. The normalized spacial score (nSPS) is 16.8. The monoisotopic (exact) mass is 376 g/mol. The molecule has 1 N–H and O–H groups in total. The largest absolute Gasteiger partial charge is 0.493 e. The Morgan fingerprint density at radius 2 is 1.81 bits per heavy atom. The molecule has 0 radical (unpaired) electrons. The Bertz CT molecular complexity index is 843. The summed E-state index contributed by atoms with van der Waals surface area (Å²) in [5, 5.41) is 1.55. The molecule has 0 unspecified atom stereocenters. The van der Waals surface area contributed by atoms with Gasteiger partial charge >= 0.3 is 0 Å². The molecule has 3 rings (SSSR count). The van der Waals surface area contributed by atoms with E-state index in [9.17, 15) is 8.42 Å². The van der Waals surface area contributed by atoms with Crippen LogP contribution in [0.1, 0.15) is 32.6 Å². The van der Waals surface area contributed by atoms with Gasteiger partial charge in [-0.25, -0.2) is 13.1 Å². The van der Waals surface area contributed by atoms with Crippen molar-refractivity contribution in [2.24, 2.45) is 0 Å². The minimum Gasteiger partial charge on any atom is -0.493 e. The third-order valence-corrected chi connectivity index (χ3v) is 6.51. The molecule has 26 heavy (non-hydrogen) atoms. The van der Waals surface area contributed by atoms with Crippen LogP contribution < -0.4 is 9.46 Å². The van der Waals surface area contributed by atoms with Gasteiger partial charge in [-0.2, -0.15) is 0 Å². The first kappa shape index (κ1) is 19.1. The van der Waals surface area contributed by atoms with Gasteiger partial charge in [0.1, 0.15) is 5.75 Å². The highest BCUT2D eigenvalue weighted by Crippen LogP contribution is 2.31. The smallest absolute Gasteiger partial charge is 0.241 e. The Labute approximate surface area is 156 Å². The number of fused-ring (bicyclic) bond motifs is 1. The predicted octanol–water partition coefficient (Wildman–Crippen LogP) is 3.39. The highest BCUT2D eigenvalue weighted by Gasteiger charge is 2.25. The van der Waals surface area contributed by atoms with E-state index in [1.54, 1.807) is 12.1 Å². The molecule has 0 saturated carbocycles. The van der Waals surface area contributed by atoms with Crippen LogP contribution in [0.2, 0.25) is 0 Å². The van der Waals surface area contributed by atoms with E-state index in [1.165, 1.54) is 0 Å². The van der Waals surface area contributed by atoms with Gasteiger partial charge in [0.05, 0.1) is 11.5 Å². The highest BCUT2D eigenvalue weighted by atomic mass is 32.2. The number of nitrogens with zero attached hydrogens (tertiary/aromatic N) is 1. The molecule has 1 heterocycles. The molecule has 1 saturated heterocycles. The van der Waals surface area contributed by atoms with E-state index in [2.05, 4.69) is 23.6 Å². The van der Waals surface area contributed by atoms with Crippen molar-refractivity contribution in [2.45, 2.75) is 43.5 Å². The van der Waals surface area contributed by atoms with Crippen LogP contribution in [0.25, 0.3) is 10.8 Å². The van der Waals surface area contributed by atoms with Crippen LogP contribution in [0.5, 0.6) is 5.75 Å². The van der Waals surface area contributed by atoms with E-state index in [0.717, 1.165) is 49.9 Å². The second-order valence-corrected chi connectivity index (χ2v) is 8.69. The van der Waals surface area contributed by atoms with Crippen LogP contribution in [-0.2, 0) is 10.0 Å². The van der Waals surface area contributed by atoms with Crippen molar-refractivity contribution < 1.29 is 13.2 Å². The summed E-state index contributed by atoms with van der Waals surface area (Å²) in [5.41, 5.74) is 0. The van der Waals surface area contributed by atoms with Gasteiger partial charge in [0.15, 0.2) is 0 Å². The van der Waals surface area contributed by atoms with Gasteiger partial charge in [0.2, 0.25) is 10.0 Å². The van der Waals surface area contributed by atoms with Gasteiger partial charge in [0, 0.05) is 16.8 Å². The summed E-state index contributed by atoms with van der Waals surface area (Å²) >= 11 is 0. The second-order valence-electron chi connectivity index (χ2n) is 7.01. The molecule has 5 nitrogen and oxygen atoms in total. The van der Waals surface area contributed by atoms with E-state index in [0.29, 0.717) is 16.9 Å². The first-order valence-corrected chi connectivity index (χ1v) is 10.8. The number of hydrogen-bond acceptors (Lipinski definition) is 4.